The van der Waals surface area contributed by atoms with E-state index in [0.29, 0.717) is 5.56 Å². The highest BCUT2D eigenvalue weighted by atomic mass is 16.5. The van der Waals surface area contributed by atoms with Crippen molar-refractivity contribution in [2.24, 2.45) is 0 Å². The molecule has 0 unspecified atom stereocenters. The van der Waals surface area contributed by atoms with Crippen LogP contribution in [0.2, 0.25) is 0 Å². The van der Waals surface area contributed by atoms with Gasteiger partial charge < -0.3 is 9.47 Å². The molecular weight excluding hydrogens is 292 g/mol. The van der Waals surface area contributed by atoms with Crippen molar-refractivity contribution in [3.63, 3.8) is 0 Å². The molecule has 0 bridgehead atoms. The highest BCUT2D eigenvalue weighted by Crippen LogP contribution is 2.40. The lowest BCUT2D eigenvalue weighted by atomic mass is 9.78. The van der Waals surface area contributed by atoms with Crippen LogP contribution in [0.1, 0.15) is 69.4 Å². The Balaban J connectivity index is 3.56. The molecule has 4 nitrogen and oxygen atoms in total. The predicted molar refractivity (Wildman–Crippen MR) is 91.4 cm³/mol. The van der Waals surface area contributed by atoms with Gasteiger partial charge >= 0.3 is 5.97 Å². The molecule has 0 aliphatic rings. The largest absolute Gasteiger partial charge is 0.496 e. The zero-order valence-electron chi connectivity index (χ0n) is 15.5. The fourth-order valence-electron chi connectivity index (χ4n) is 2.43. The number of rotatable bonds is 4. The fourth-order valence-corrected chi connectivity index (χ4v) is 2.43. The Morgan fingerprint density at radius 1 is 0.913 bits per heavy atom. The van der Waals surface area contributed by atoms with E-state index in [-0.39, 0.29) is 23.0 Å². The quantitative estimate of drug-likeness (QED) is 0.477. The second-order valence-corrected chi connectivity index (χ2v) is 7.78. The van der Waals surface area contributed by atoms with Crippen LogP contribution in [-0.4, -0.2) is 26.0 Å². The minimum Gasteiger partial charge on any atom is -0.496 e. The summed E-state index contributed by atoms with van der Waals surface area (Å²) in [7, 11) is 2.93. The Morgan fingerprint density at radius 3 is 1.65 bits per heavy atom. The van der Waals surface area contributed by atoms with Gasteiger partial charge in [-0.1, -0.05) is 41.5 Å². The smallest absolute Gasteiger partial charge is 0.313 e. The zero-order chi connectivity index (χ0) is 18.0. The maximum absolute atomic E-state index is 12.4. The third-order valence-corrected chi connectivity index (χ3v) is 3.76. The fraction of sp³-hybridized carbons (Fsp3) is 0.579. The van der Waals surface area contributed by atoms with Crippen molar-refractivity contribution in [2.75, 3.05) is 14.2 Å². The molecule has 1 aromatic carbocycles. The Hall–Kier alpha value is -1.84. The average Bonchev–Trinajstić information content (AvgIpc) is 2.43. The first kappa shape index (κ1) is 19.2. The summed E-state index contributed by atoms with van der Waals surface area (Å²) in [5, 5.41) is 0. The lowest BCUT2D eigenvalue weighted by Gasteiger charge is -2.29. The van der Waals surface area contributed by atoms with Crippen LogP contribution in [0.5, 0.6) is 5.75 Å². The van der Waals surface area contributed by atoms with Gasteiger partial charge in [0.05, 0.1) is 14.2 Å². The third kappa shape index (κ3) is 4.57. The van der Waals surface area contributed by atoms with Gasteiger partial charge in [-0.05, 0) is 23.0 Å². The van der Waals surface area contributed by atoms with E-state index >= 15 is 0 Å². The molecule has 0 heterocycles. The number of hydrogen-bond donors (Lipinski definition) is 0. The first-order valence-corrected chi connectivity index (χ1v) is 7.74. The maximum atomic E-state index is 12.4. The van der Waals surface area contributed by atoms with Crippen molar-refractivity contribution in [2.45, 2.75) is 58.8 Å². The van der Waals surface area contributed by atoms with Gasteiger partial charge in [0, 0.05) is 16.7 Å². The second kappa shape index (κ2) is 6.73. The molecule has 0 radical (unpaired) electrons. The molecule has 23 heavy (non-hydrogen) atoms. The molecule has 0 aliphatic heterocycles. The molecule has 0 spiro atoms. The molecule has 128 valence electrons. The second-order valence-electron chi connectivity index (χ2n) is 7.78. The van der Waals surface area contributed by atoms with Crippen LogP contribution in [0.15, 0.2) is 12.1 Å². The molecule has 0 fully saturated rings. The summed E-state index contributed by atoms with van der Waals surface area (Å²) in [4.78, 5) is 23.8. The minimum atomic E-state index is -0.527. The summed E-state index contributed by atoms with van der Waals surface area (Å²) < 4.78 is 10.3. The van der Waals surface area contributed by atoms with E-state index in [4.69, 9.17) is 4.74 Å². The topological polar surface area (TPSA) is 52.6 Å². The summed E-state index contributed by atoms with van der Waals surface area (Å²) in [5.41, 5.74) is 2.06. The summed E-state index contributed by atoms with van der Waals surface area (Å²) in [6.07, 6.45) is -0.254. The van der Waals surface area contributed by atoms with Crippen LogP contribution in [0.3, 0.4) is 0 Å². The molecular formula is C19H28O4. The lowest BCUT2D eigenvalue weighted by Crippen LogP contribution is -2.21. The molecule has 0 aliphatic carbocycles. The van der Waals surface area contributed by atoms with Crippen LogP contribution < -0.4 is 4.74 Å². The number of methoxy groups -OCH3 is 2. The molecule has 0 amide bonds. The molecule has 4 heteroatoms. The van der Waals surface area contributed by atoms with Crippen molar-refractivity contribution in [1.29, 1.82) is 0 Å². The monoisotopic (exact) mass is 320 g/mol. The Kier molecular flexibility index (Phi) is 5.62. The van der Waals surface area contributed by atoms with Crippen LogP contribution in [-0.2, 0) is 20.4 Å². The van der Waals surface area contributed by atoms with Gasteiger partial charge in [-0.15, -0.1) is 0 Å². The van der Waals surface area contributed by atoms with E-state index in [1.165, 1.54) is 7.11 Å². The summed E-state index contributed by atoms with van der Waals surface area (Å²) in [6.45, 7) is 12.5. The Labute approximate surface area is 139 Å². The molecule has 1 aromatic rings. The van der Waals surface area contributed by atoms with Gasteiger partial charge in [0.25, 0.3) is 0 Å². The minimum absolute atomic E-state index is 0.188. The van der Waals surface area contributed by atoms with E-state index in [1.807, 2.05) is 12.1 Å². The number of hydrogen-bond acceptors (Lipinski definition) is 4. The standard InChI is InChI=1S/C19H28O4/c1-18(2,3)13-9-12(15(20)11-16(21)22-7)10-14(17(13)23-8)19(4,5)6/h9-10H,11H2,1-8H3. The van der Waals surface area contributed by atoms with Crippen molar-refractivity contribution in [1.82, 2.24) is 0 Å². The van der Waals surface area contributed by atoms with Gasteiger partial charge in [0.1, 0.15) is 12.2 Å². The van der Waals surface area contributed by atoms with Gasteiger partial charge in [0.2, 0.25) is 0 Å². The van der Waals surface area contributed by atoms with Gasteiger partial charge in [-0.3, -0.25) is 9.59 Å². The first-order valence-electron chi connectivity index (χ1n) is 7.74. The summed E-state index contributed by atoms with van der Waals surface area (Å²) >= 11 is 0. The molecule has 0 saturated carbocycles. The molecule has 0 atom stereocenters. The number of ether oxygens (including phenoxy) is 2. The number of carbonyl (C=O) groups excluding carboxylic acids is 2. The number of ketones is 1. The first-order chi connectivity index (χ1) is 10.4. The van der Waals surface area contributed by atoms with Crippen LogP contribution >= 0.6 is 0 Å². The van der Waals surface area contributed by atoms with Crippen molar-refractivity contribution in [3.8, 4) is 5.75 Å². The molecule has 0 saturated heterocycles. The van der Waals surface area contributed by atoms with E-state index in [0.717, 1.165) is 16.9 Å². The summed E-state index contributed by atoms with van der Waals surface area (Å²) in [5.74, 6) is 0.0376. The number of benzene rings is 1. The van der Waals surface area contributed by atoms with Crippen molar-refractivity contribution >= 4 is 11.8 Å². The maximum Gasteiger partial charge on any atom is 0.313 e. The number of esters is 1. The Morgan fingerprint density at radius 2 is 1.35 bits per heavy atom. The number of carbonyl (C=O) groups is 2. The lowest BCUT2D eigenvalue weighted by molar-refractivity contribution is -0.139. The van der Waals surface area contributed by atoms with Gasteiger partial charge in [-0.25, -0.2) is 0 Å². The van der Waals surface area contributed by atoms with Crippen molar-refractivity contribution in [3.05, 3.63) is 28.8 Å². The third-order valence-electron chi connectivity index (χ3n) is 3.76. The number of Topliss-reactive ketones (excluding diaryl/α,β-unsaturated/α-hetero) is 1. The molecule has 0 aromatic heterocycles. The van der Waals surface area contributed by atoms with Crippen LogP contribution in [0, 0.1) is 0 Å². The predicted octanol–water partition coefficient (Wildman–Crippen LogP) is 4.04. The highest BCUT2D eigenvalue weighted by Gasteiger charge is 2.29. The average molecular weight is 320 g/mol. The Bertz CT molecular complexity index is 566. The SMILES string of the molecule is COC(=O)CC(=O)c1cc(C(C)(C)C)c(OC)c(C(C)(C)C)c1. The highest BCUT2D eigenvalue weighted by molar-refractivity contribution is 6.06. The van der Waals surface area contributed by atoms with Gasteiger partial charge in [-0.2, -0.15) is 0 Å². The van der Waals surface area contributed by atoms with E-state index < -0.39 is 5.97 Å². The van der Waals surface area contributed by atoms with Crippen LogP contribution in [0.25, 0.3) is 0 Å². The van der Waals surface area contributed by atoms with E-state index in [2.05, 4.69) is 46.3 Å². The molecule has 0 N–H and O–H groups in total. The molecule has 1 rings (SSSR count). The van der Waals surface area contributed by atoms with Gasteiger partial charge in [0.15, 0.2) is 5.78 Å². The van der Waals surface area contributed by atoms with Crippen molar-refractivity contribution < 1.29 is 19.1 Å². The normalized spacial score (nSPS) is 12.0. The van der Waals surface area contributed by atoms with E-state index in [9.17, 15) is 9.59 Å². The van der Waals surface area contributed by atoms with E-state index in [1.54, 1.807) is 7.11 Å². The summed E-state index contributed by atoms with van der Waals surface area (Å²) in [6, 6.07) is 3.67. The zero-order valence-corrected chi connectivity index (χ0v) is 15.5. The van der Waals surface area contributed by atoms with Crippen LogP contribution in [0.4, 0.5) is 0 Å².